The third-order valence-corrected chi connectivity index (χ3v) is 5.01. The van der Waals surface area contributed by atoms with Gasteiger partial charge in [-0.2, -0.15) is 0 Å². The number of ether oxygens (including phenoxy) is 1. The zero-order valence-corrected chi connectivity index (χ0v) is 15.7. The minimum atomic E-state index is -0.418. The van der Waals surface area contributed by atoms with Crippen molar-refractivity contribution in [2.24, 2.45) is 5.92 Å². The normalized spacial score (nSPS) is 25.6. The first-order chi connectivity index (χ1) is 10.8. The molecule has 1 saturated carbocycles. The molecule has 2 rings (SSSR count). The topological polar surface area (TPSA) is 41.6 Å². The van der Waals surface area contributed by atoms with Gasteiger partial charge in [-0.05, 0) is 72.6 Å². The van der Waals surface area contributed by atoms with Crippen LogP contribution in [0.2, 0.25) is 0 Å². The van der Waals surface area contributed by atoms with Crippen molar-refractivity contribution in [2.45, 2.75) is 103 Å². The molecule has 2 fully saturated rings. The van der Waals surface area contributed by atoms with Crippen LogP contribution in [0.3, 0.4) is 0 Å². The van der Waals surface area contributed by atoms with E-state index in [-0.39, 0.29) is 6.09 Å². The maximum atomic E-state index is 12.6. The Hall–Kier alpha value is -0.770. The van der Waals surface area contributed by atoms with Crippen molar-refractivity contribution in [3.05, 3.63) is 0 Å². The van der Waals surface area contributed by atoms with Crippen LogP contribution in [-0.4, -0.2) is 41.3 Å². The van der Waals surface area contributed by atoms with E-state index in [0.29, 0.717) is 18.1 Å². The van der Waals surface area contributed by atoms with Gasteiger partial charge in [-0.1, -0.05) is 12.8 Å². The van der Waals surface area contributed by atoms with Crippen molar-refractivity contribution >= 4 is 6.09 Å². The molecule has 0 aromatic rings. The summed E-state index contributed by atoms with van der Waals surface area (Å²) in [6.07, 6.45) is 8.26. The standard InChI is InChI=1S/C19H36N2O2/c1-14(20-15(2)16-10-11-16)13-17-9-7-6-8-12-21(17)18(22)23-19(3,4)5/h14-17,20H,6-13H2,1-5H3. The van der Waals surface area contributed by atoms with Gasteiger partial charge in [-0.3, -0.25) is 0 Å². The molecule has 0 radical (unpaired) electrons. The summed E-state index contributed by atoms with van der Waals surface area (Å²) >= 11 is 0. The minimum Gasteiger partial charge on any atom is -0.444 e. The van der Waals surface area contributed by atoms with Gasteiger partial charge in [0.1, 0.15) is 5.60 Å². The van der Waals surface area contributed by atoms with Crippen LogP contribution >= 0.6 is 0 Å². The summed E-state index contributed by atoms with van der Waals surface area (Å²) < 4.78 is 5.64. The number of carbonyl (C=O) groups excluding carboxylic acids is 1. The van der Waals surface area contributed by atoms with Gasteiger partial charge in [0.05, 0.1) is 0 Å². The average molecular weight is 325 g/mol. The van der Waals surface area contributed by atoms with Crippen LogP contribution in [-0.2, 0) is 4.74 Å². The number of likely N-dealkylation sites (tertiary alicyclic amines) is 1. The van der Waals surface area contributed by atoms with Crippen LogP contribution in [0.5, 0.6) is 0 Å². The highest BCUT2D eigenvalue weighted by molar-refractivity contribution is 5.68. The van der Waals surface area contributed by atoms with Crippen LogP contribution in [0.1, 0.15) is 79.6 Å². The summed E-state index contributed by atoms with van der Waals surface area (Å²) in [5.41, 5.74) is -0.418. The first-order valence-corrected chi connectivity index (χ1v) is 9.52. The summed E-state index contributed by atoms with van der Waals surface area (Å²) in [5, 5.41) is 3.74. The van der Waals surface area contributed by atoms with Crippen molar-refractivity contribution in [3.63, 3.8) is 0 Å². The second kappa shape index (κ2) is 7.87. The highest BCUT2D eigenvalue weighted by Crippen LogP contribution is 2.33. The zero-order chi connectivity index (χ0) is 17.0. The highest BCUT2D eigenvalue weighted by atomic mass is 16.6. The fraction of sp³-hybridized carbons (Fsp3) is 0.947. The van der Waals surface area contributed by atoms with E-state index in [0.717, 1.165) is 31.7 Å². The molecule has 1 aliphatic carbocycles. The number of rotatable bonds is 5. The molecule has 134 valence electrons. The summed E-state index contributed by atoms with van der Waals surface area (Å²) in [6.45, 7) is 11.2. The molecule has 3 atom stereocenters. The van der Waals surface area contributed by atoms with Gasteiger partial charge in [0.2, 0.25) is 0 Å². The molecule has 1 saturated heterocycles. The largest absolute Gasteiger partial charge is 0.444 e. The van der Waals surface area contributed by atoms with Crippen LogP contribution in [0.25, 0.3) is 0 Å². The Bertz CT molecular complexity index is 387. The van der Waals surface area contributed by atoms with E-state index >= 15 is 0 Å². The van der Waals surface area contributed by atoms with Crippen LogP contribution < -0.4 is 5.32 Å². The SMILES string of the molecule is CC(CC1CCCCCN1C(=O)OC(C)(C)C)NC(C)C1CC1. The van der Waals surface area contributed by atoms with Crippen LogP contribution in [0.4, 0.5) is 4.79 Å². The monoisotopic (exact) mass is 324 g/mol. The fourth-order valence-electron chi connectivity index (χ4n) is 3.64. The van der Waals surface area contributed by atoms with Crippen LogP contribution in [0.15, 0.2) is 0 Å². The molecule has 4 nitrogen and oxygen atoms in total. The third kappa shape index (κ3) is 6.33. The van der Waals surface area contributed by atoms with E-state index in [1.807, 2.05) is 25.7 Å². The molecule has 0 aromatic carbocycles. The van der Waals surface area contributed by atoms with E-state index < -0.39 is 5.60 Å². The van der Waals surface area contributed by atoms with Crippen molar-refractivity contribution in [3.8, 4) is 0 Å². The molecule has 1 heterocycles. The molecule has 23 heavy (non-hydrogen) atoms. The number of nitrogens with one attached hydrogen (secondary N) is 1. The van der Waals surface area contributed by atoms with Gasteiger partial charge < -0.3 is 15.0 Å². The van der Waals surface area contributed by atoms with E-state index in [1.165, 1.54) is 25.7 Å². The number of nitrogens with zero attached hydrogens (tertiary/aromatic N) is 1. The Morgan fingerprint density at radius 2 is 1.87 bits per heavy atom. The lowest BCUT2D eigenvalue weighted by Crippen LogP contribution is -2.47. The summed E-state index contributed by atoms with van der Waals surface area (Å²) in [6, 6.07) is 1.35. The molecule has 1 N–H and O–H groups in total. The minimum absolute atomic E-state index is 0.133. The number of hydrogen-bond donors (Lipinski definition) is 1. The number of carbonyl (C=O) groups is 1. The lowest BCUT2D eigenvalue weighted by Gasteiger charge is -2.34. The molecular formula is C19H36N2O2. The smallest absolute Gasteiger partial charge is 0.410 e. The third-order valence-electron chi connectivity index (χ3n) is 5.01. The predicted octanol–water partition coefficient (Wildman–Crippen LogP) is 4.33. The molecule has 0 aromatic heterocycles. The van der Waals surface area contributed by atoms with E-state index in [1.54, 1.807) is 0 Å². The quantitative estimate of drug-likeness (QED) is 0.818. The van der Waals surface area contributed by atoms with Gasteiger partial charge in [0, 0.05) is 24.7 Å². The number of amides is 1. The van der Waals surface area contributed by atoms with Crippen molar-refractivity contribution in [1.29, 1.82) is 0 Å². The summed E-state index contributed by atoms with van der Waals surface area (Å²) in [5.74, 6) is 0.869. The molecule has 0 bridgehead atoms. The van der Waals surface area contributed by atoms with E-state index in [2.05, 4.69) is 19.2 Å². The first kappa shape index (κ1) is 18.6. The maximum absolute atomic E-state index is 12.6. The highest BCUT2D eigenvalue weighted by Gasteiger charge is 2.32. The second-order valence-electron chi connectivity index (χ2n) is 8.61. The van der Waals surface area contributed by atoms with Crippen molar-refractivity contribution < 1.29 is 9.53 Å². The Balaban J connectivity index is 1.92. The van der Waals surface area contributed by atoms with Gasteiger partial charge in [0.15, 0.2) is 0 Å². The predicted molar refractivity (Wildman–Crippen MR) is 94.6 cm³/mol. The summed E-state index contributed by atoms with van der Waals surface area (Å²) in [4.78, 5) is 14.6. The Morgan fingerprint density at radius 3 is 2.48 bits per heavy atom. The first-order valence-electron chi connectivity index (χ1n) is 9.52. The molecule has 1 amide bonds. The molecule has 1 aliphatic heterocycles. The van der Waals surface area contributed by atoms with Crippen LogP contribution in [0, 0.1) is 5.92 Å². The fourth-order valence-corrected chi connectivity index (χ4v) is 3.64. The average Bonchev–Trinajstić information content (AvgIpc) is 3.23. The van der Waals surface area contributed by atoms with E-state index in [4.69, 9.17) is 4.74 Å². The Morgan fingerprint density at radius 1 is 1.17 bits per heavy atom. The van der Waals surface area contributed by atoms with E-state index in [9.17, 15) is 4.79 Å². The molecule has 2 aliphatic rings. The lowest BCUT2D eigenvalue weighted by molar-refractivity contribution is 0.0149. The number of hydrogen-bond acceptors (Lipinski definition) is 3. The lowest BCUT2D eigenvalue weighted by atomic mass is 10.0. The maximum Gasteiger partial charge on any atom is 0.410 e. The zero-order valence-electron chi connectivity index (χ0n) is 15.7. The van der Waals surface area contributed by atoms with Crippen molar-refractivity contribution in [1.82, 2.24) is 10.2 Å². The van der Waals surface area contributed by atoms with Gasteiger partial charge >= 0.3 is 6.09 Å². The van der Waals surface area contributed by atoms with Gasteiger partial charge in [0.25, 0.3) is 0 Å². The molecule has 0 spiro atoms. The molecule has 4 heteroatoms. The van der Waals surface area contributed by atoms with Gasteiger partial charge in [-0.15, -0.1) is 0 Å². The molecule has 3 unspecified atom stereocenters. The Kier molecular flexibility index (Phi) is 6.35. The van der Waals surface area contributed by atoms with Gasteiger partial charge in [-0.25, -0.2) is 4.79 Å². The molecular weight excluding hydrogens is 288 g/mol. The Labute approximate surface area is 142 Å². The van der Waals surface area contributed by atoms with Crippen molar-refractivity contribution in [2.75, 3.05) is 6.54 Å². The second-order valence-corrected chi connectivity index (χ2v) is 8.61. The summed E-state index contributed by atoms with van der Waals surface area (Å²) in [7, 11) is 0.